The molecule has 8 heavy (non-hydrogen) atoms. The Hall–Kier alpha value is 0.350. The standard InChI is InChI=1S/C7H14S/c1-6-4-3-5-7(6)8-2/h6-7H,3-5H2,1-2H3/t6-,7-/m1/s1. The molecule has 1 aliphatic carbocycles. The third-order valence-electron chi connectivity index (χ3n) is 2.09. The van der Waals surface area contributed by atoms with Crippen molar-refractivity contribution in [3.05, 3.63) is 0 Å². The van der Waals surface area contributed by atoms with Crippen molar-refractivity contribution in [2.45, 2.75) is 31.4 Å². The smallest absolute Gasteiger partial charge is 0.00699 e. The molecule has 1 heteroatoms. The van der Waals surface area contributed by atoms with E-state index in [-0.39, 0.29) is 0 Å². The van der Waals surface area contributed by atoms with Gasteiger partial charge in [0.1, 0.15) is 0 Å². The molecule has 0 N–H and O–H groups in total. The molecule has 48 valence electrons. The van der Waals surface area contributed by atoms with E-state index in [0.29, 0.717) is 0 Å². The minimum atomic E-state index is 0.981. The summed E-state index contributed by atoms with van der Waals surface area (Å²) in [6, 6.07) is 0. The summed E-state index contributed by atoms with van der Waals surface area (Å²) in [7, 11) is 0. The fourth-order valence-corrected chi connectivity index (χ4v) is 2.46. The van der Waals surface area contributed by atoms with E-state index in [9.17, 15) is 0 Å². The van der Waals surface area contributed by atoms with Gasteiger partial charge in [-0.25, -0.2) is 0 Å². The van der Waals surface area contributed by atoms with Gasteiger partial charge in [0.05, 0.1) is 0 Å². The topological polar surface area (TPSA) is 0 Å². The number of thioether (sulfide) groups is 1. The molecule has 0 radical (unpaired) electrons. The summed E-state index contributed by atoms with van der Waals surface area (Å²) in [5.74, 6) is 0.991. The van der Waals surface area contributed by atoms with Crippen LogP contribution in [0, 0.1) is 5.92 Å². The van der Waals surface area contributed by atoms with Gasteiger partial charge in [-0.1, -0.05) is 13.3 Å². The second-order valence-corrected chi connectivity index (χ2v) is 3.76. The molecule has 0 spiro atoms. The molecule has 0 unspecified atom stereocenters. The molecule has 0 bridgehead atoms. The van der Waals surface area contributed by atoms with Crippen molar-refractivity contribution in [3.63, 3.8) is 0 Å². The van der Waals surface area contributed by atoms with Crippen LogP contribution in [0.3, 0.4) is 0 Å². The van der Waals surface area contributed by atoms with Gasteiger partial charge in [-0.05, 0) is 25.0 Å². The molecule has 0 heterocycles. The lowest BCUT2D eigenvalue weighted by molar-refractivity contribution is 0.625. The van der Waals surface area contributed by atoms with Crippen molar-refractivity contribution in [2.75, 3.05) is 6.26 Å². The van der Waals surface area contributed by atoms with E-state index in [1.54, 1.807) is 0 Å². The fourth-order valence-electron chi connectivity index (χ4n) is 1.46. The molecule has 1 aliphatic rings. The molecule has 2 atom stereocenters. The van der Waals surface area contributed by atoms with Crippen molar-refractivity contribution >= 4 is 11.8 Å². The first kappa shape index (κ1) is 6.47. The summed E-state index contributed by atoms with van der Waals surface area (Å²) in [4.78, 5) is 0. The number of hydrogen-bond donors (Lipinski definition) is 0. The quantitative estimate of drug-likeness (QED) is 0.525. The summed E-state index contributed by atoms with van der Waals surface area (Å²) in [6.45, 7) is 2.37. The Kier molecular flexibility index (Phi) is 2.24. The predicted molar refractivity (Wildman–Crippen MR) is 40.3 cm³/mol. The minimum absolute atomic E-state index is 0.981. The lowest BCUT2D eigenvalue weighted by Crippen LogP contribution is -2.03. The van der Waals surface area contributed by atoms with E-state index in [1.165, 1.54) is 19.3 Å². The van der Waals surface area contributed by atoms with E-state index in [0.717, 1.165) is 11.2 Å². The Morgan fingerprint density at radius 1 is 1.38 bits per heavy atom. The van der Waals surface area contributed by atoms with E-state index < -0.39 is 0 Å². The normalized spacial score (nSPS) is 38.2. The molecular weight excluding hydrogens is 116 g/mol. The molecule has 0 aromatic rings. The SMILES string of the molecule is CS[C@@H]1CCC[C@H]1C. The van der Waals surface area contributed by atoms with Crippen LogP contribution in [0.25, 0.3) is 0 Å². The first-order chi connectivity index (χ1) is 3.84. The zero-order valence-electron chi connectivity index (χ0n) is 5.68. The summed E-state index contributed by atoms with van der Waals surface area (Å²) in [5.41, 5.74) is 0. The van der Waals surface area contributed by atoms with Crippen LogP contribution in [0.4, 0.5) is 0 Å². The molecule has 0 aliphatic heterocycles. The van der Waals surface area contributed by atoms with E-state index in [4.69, 9.17) is 0 Å². The largest absolute Gasteiger partial charge is 0.162 e. The molecule has 0 aromatic carbocycles. The predicted octanol–water partition coefficient (Wildman–Crippen LogP) is 2.54. The monoisotopic (exact) mass is 130 g/mol. The Morgan fingerprint density at radius 3 is 2.38 bits per heavy atom. The third kappa shape index (κ3) is 1.19. The van der Waals surface area contributed by atoms with Crippen LogP contribution in [0.2, 0.25) is 0 Å². The minimum Gasteiger partial charge on any atom is -0.162 e. The van der Waals surface area contributed by atoms with Crippen molar-refractivity contribution in [3.8, 4) is 0 Å². The summed E-state index contributed by atoms with van der Waals surface area (Å²) in [6.07, 6.45) is 6.62. The van der Waals surface area contributed by atoms with Gasteiger partial charge in [0, 0.05) is 5.25 Å². The average molecular weight is 130 g/mol. The molecule has 0 nitrogen and oxygen atoms in total. The second kappa shape index (κ2) is 2.77. The molecule has 1 rings (SSSR count). The molecule has 1 saturated carbocycles. The van der Waals surface area contributed by atoms with Gasteiger partial charge in [0.2, 0.25) is 0 Å². The Labute approximate surface area is 56.0 Å². The highest BCUT2D eigenvalue weighted by atomic mass is 32.2. The molecule has 0 saturated heterocycles. The third-order valence-corrected chi connectivity index (χ3v) is 3.39. The first-order valence-corrected chi connectivity index (χ1v) is 4.66. The van der Waals surface area contributed by atoms with E-state index >= 15 is 0 Å². The van der Waals surface area contributed by atoms with Crippen LogP contribution in [-0.4, -0.2) is 11.5 Å². The van der Waals surface area contributed by atoms with Crippen molar-refractivity contribution in [2.24, 2.45) is 5.92 Å². The molecule has 0 aromatic heterocycles. The van der Waals surface area contributed by atoms with Gasteiger partial charge in [-0.3, -0.25) is 0 Å². The Balaban J connectivity index is 2.30. The van der Waals surface area contributed by atoms with Gasteiger partial charge in [0.15, 0.2) is 0 Å². The fraction of sp³-hybridized carbons (Fsp3) is 1.00. The van der Waals surface area contributed by atoms with E-state index in [1.807, 2.05) is 11.8 Å². The molecule has 1 fully saturated rings. The highest BCUT2D eigenvalue weighted by molar-refractivity contribution is 7.99. The zero-order valence-corrected chi connectivity index (χ0v) is 6.50. The van der Waals surface area contributed by atoms with E-state index in [2.05, 4.69) is 13.2 Å². The summed E-state index contributed by atoms with van der Waals surface area (Å²) >= 11 is 2.04. The van der Waals surface area contributed by atoms with Crippen LogP contribution in [0.5, 0.6) is 0 Å². The lowest BCUT2D eigenvalue weighted by Gasteiger charge is -2.09. The van der Waals surface area contributed by atoms with Crippen LogP contribution in [0.1, 0.15) is 26.2 Å². The van der Waals surface area contributed by atoms with Crippen LogP contribution in [0.15, 0.2) is 0 Å². The Morgan fingerprint density at radius 2 is 2.12 bits per heavy atom. The Bertz CT molecular complexity index is 70.8. The van der Waals surface area contributed by atoms with Gasteiger partial charge in [-0.15, -0.1) is 0 Å². The zero-order chi connectivity index (χ0) is 5.98. The van der Waals surface area contributed by atoms with Crippen LogP contribution < -0.4 is 0 Å². The van der Waals surface area contributed by atoms with Crippen LogP contribution >= 0.6 is 11.8 Å². The summed E-state index contributed by atoms with van der Waals surface area (Å²) < 4.78 is 0. The number of rotatable bonds is 1. The maximum atomic E-state index is 2.37. The second-order valence-electron chi connectivity index (χ2n) is 2.68. The highest BCUT2D eigenvalue weighted by Gasteiger charge is 2.21. The van der Waals surface area contributed by atoms with Gasteiger partial charge >= 0.3 is 0 Å². The highest BCUT2D eigenvalue weighted by Crippen LogP contribution is 2.32. The van der Waals surface area contributed by atoms with Crippen LogP contribution in [-0.2, 0) is 0 Å². The van der Waals surface area contributed by atoms with Gasteiger partial charge in [-0.2, -0.15) is 11.8 Å². The summed E-state index contributed by atoms with van der Waals surface area (Å²) in [5, 5.41) is 0.981. The van der Waals surface area contributed by atoms with Crippen molar-refractivity contribution < 1.29 is 0 Å². The molecule has 0 amide bonds. The van der Waals surface area contributed by atoms with Crippen molar-refractivity contribution in [1.29, 1.82) is 0 Å². The number of hydrogen-bond acceptors (Lipinski definition) is 1. The average Bonchev–Trinajstić information content (AvgIpc) is 2.14. The maximum Gasteiger partial charge on any atom is 0.00699 e. The first-order valence-electron chi connectivity index (χ1n) is 3.37. The molecular formula is C7H14S. The van der Waals surface area contributed by atoms with Gasteiger partial charge in [0.25, 0.3) is 0 Å². The van der Waals surface area contributed by atoms with Crippen molar-refractivity contribution in [1.82, 2.24) is 0 Å². The van der Waals surface area contributed by atoms with Gasteiger partial charge < -0.3 is 0 Å². The maximum absolute atomic E-state index is 2.37. The lowest BCUT2D eigenvalue weighted by atomic mass is 10.1.